The molecule has 0 aliphatic rings. The summed E-state index contributed by atoms with van der Waals surface area (Å²) in [6, 6.07) is 5.49. The summed E-state index contributed by atoms with van der Waals surface area (Å²) in [5, 5.41) is 13.2. The molecular weight excluding hydrogens is 244 g/mol. The zero-order valence-corrected chi connectivity index (χ0v) is 11.2. The van der Waals surface area contributed by atoms with E-state index >= 15 is 0 Å². The smallest absolute Gasteiger partial charge is 0.201 e. The van der Waals surface area contributed by atoms with Crippen molar-refractivity contribution >= 4 is 22.7 Å². The van der Waals surface area contributed by atoms with Crippen LogP contribution in [0.1, 0.15) is 13.3 Å². The van der Waals surface area contributed by atoms with Crippen molar-refractivity contribution < 1.29 is 9.84 Å². The first kappa shape index (κ1) is 13.6. The number of benzene rings is 1. The van der Waals surface area contributed by atoms with E-state index in [2.05, 4.69) is 15.3 Å². The quantitative estimate of drug-likeness (QED) is 0.590. The van der Waals surface area contributed by atoms with Crippen LogP contribution in [0.4, 0.5) is 11.6 Å². The van der Waals surface area contributed by atoms with Crippen molar-refractivity contribution in [2.45, 2.75) is 18.9 Å². The van der Waals surface area contributed by atoms with Crippen LogP contribution in [-0.2, 0) is 4.74 Å². The molecule has 1 unspecified atom stereocenters. The van der Waals surface area contributed by atoms with Gasteiger partial charge in [-0.1, -0.05) is 0 Å². The Bertz CT molecular complexity index is 551. The number of imidazole rings is 1. The molecule has 0 radical (unpaired) electrons. The fourth-order valence-electron chi connectivity index (χ4n) is 1.80. The molecule has 0 aliphatic heterocycles. The number of rotatable bonds is 6. The maximum atomic E-state index is 10.1. The number of hydrogen-bond acceptors (Lipinski definition) is 5. The average Bonchev–Trinajstić information content (AvgIpc) is 2.76. The molecule has 1 aromatic heterocycles. The highest BCUT2D eigenvalue weighted by molar-refractivity contribution is 5.80. The number of methoxy groups -OCH3 is 1. The Balaban J connectivity index is 2.01. The van der Waals surface area contributed by atoms with E-state index in [0.29, 0.717) is 31.2 Å². The third-order valence-electron chi connectivity index (χ3n) is 2.99. The topological polar surface area (TPSA) is 96.2 Å². The van der Waals surface area contributed by atoms with Gasteiger partial charge in [-0.05, 0) is 25.1 Å². The van der Waals surface area contributed by atoms with E-state index in [4.69, 9.17) is 10.5 Å². The summed E-state index contributed by atoms with van der Waals surface area (Å²) in [7, 11) is 1.62. The van der Waals surface area contributed by atoms with Crippen molar-refractivity contribution in [2.24, 2.45) is 0 Å². The molecule has 2 aromatic rings. The summed E-state index contributed by atoms with van der Waals surface area (Å²) in [5.41, 5.74) is 7.27. The number of anilines is 2. The van der Waals surface area contributed by atoms with Gasteiger partial charge in [0.15, 0.2) is 0 Å². The van der Waals surface area contributed by atoms with Gasteiger partial charge in [-0.25, -0.2) is 4.98 Å². The number of nitrogens with two attached hydrogens (primary N) is 1. The monoisotopic (exact) mass is 264 g/mol. The lowest BCUT2D eigenvalue weighted by atomic mass is 10.0. The zero-order chi connectivity index (χ0) is 13.9. The van der Waals surface area contributed by atoms with Gasteiger partial charge in [0.25, 0.3) is 0 Å². The number of H-pyrrole nitrogens is 1. The number of fused-ring (bicyclic) bond motifs is 1. The second kappa shape index (κ2) is 5.46. The van der Waals surface area contributed by atoms with Crippen molar-refractivity contribution in [1.29, 1.82) is 0 Å². The lowest BCUT2D eigenvalue weighted by Crippen LogP contribution is -2.34. The van der Waals surface area contributed by atoms with Crippen LogP contribution in [0.15, 0.2) is 18.2 Å². The van der Waals surface area contributed by atoms with Gasteiger partial charge < -0.3 is 25.9 Å². The lowest BCUT2D eigenvalue weighted by Gasteiger charge is -2.22. The fraction of sp³-hybridized carbons (Fsp3) is 0.462. The summed E-state index contributed by atoms with van der Waals surface area (Å²) in [6.45, 7) is 2.68. The molecule has 6 nitrogen and oxygen atoms in total. The number of hydrogen-bond donors (Lipinski definition) is 4. The molecule has 0 fully saturated rings. The van der Waals surface area contributed by atoms with Crippen LogP contribution in [0.25, 0.3) is 11.0 Å². The summed E-state index contributed by atoms with van der Waals surface area (Å²) in [4.78, 5) is 7.49. The largest absolute Gasteiger partial charge is 0.399 e. The SMILES string of the molecule is COCCC(C)(O)CNc1nc2ccc(N)cc2[nH]1. The third kappa shape index (κ3) is 3.59. The average molecular weight is 264 g/mol. The van der Waals surface area contributed by atoms with E-state index in [1.54, 1.807) is 14.0 Å². The standard InChI is InChI=1S/C13H20N4O2/c1-13(18,5-6-19-2)8-15-12-16-10-4-3-9(14)7-11(10)17-12/h3-4,7,18H,5-6,8,14H2,1-2H3,(H2,15,16,17). The molecular formula is C13H20N4O2. The van der Waals surface area contributed by atoms with Gasteiger partial charge in [0, 0.05) is 32.4 Å². The van der Waals surface area contributed by atoms with Crippen LogP contribution in [0, 0.1) is 0 Å². The van der Waals surface area contributed by atoms with Crippen molar-refractivity contribution in [2.75, 3.05) is 31.3 Å². The highest BCUT2D eigenvalue weighted by atomic mass is 16.5. The molecule has 1 atom stereocenters. The molecule has 19 heavy (non-hydrogen) atoms. The number of aromatic amines is 1. The maximum Gasteiger partial charge on any atom is 0.201 e. The number of aromatic nitrogens is 2. The van der Waals surface area contributed by atoms with Crippen LogP contribution in [0.3, 0.4) is 0 Å². The number of nitrogens with zero attached hydrogens (tertiary/aromatic N) is 1. The Hall–Kier alpha value is -1.79. The predicted molar refractivity (Wildman–Crippen MR) is 76.1 cm³/mol. The molecule has 1 aromatic carbocycles. The van der Waals surface area contributed by atoms with E-state index in [-0.39, 0.29) is 0 Å². The fourth-order valence-corrected chi connectivity index (χ4v) is 1.80. The highest BCUT2D eigenvalue weighted by Crippen LogP contribution is 2.18. The second-order valence-corrected chi connectivity index (χ2v) is 4.96. The molecule has 0 spiro atoms. The van der Waals surface area contributed by atoms with Gasteiger partial charge in [0.2, 0.25) is 5.95 Å². The Kier molecular flexibility index (Phi) is 3.92. The highest BCUT2D eigenvalue weighted by Gasteiger charge is 2.20. The van der Waals surface area contributed by atoms with Crippen molar-refractivity contribution in [3.8, 4) is 0 Å². The van der Waals surface area contributed by atoms with Crippen molar-refractivity contribution in [3.05, 3.63) is 18.2 Å². The van der Waals surface area contributed by atoms with E-state index < -0.39 is 5.60 Å². The molecule has 0 saturated carbocycles. The summed E-state index contributed by atoms with van der Waals surface area (Å²) < 4.78 is 4.97. The Labute approximate surface area is 112 Å². The first-order chi connectivity index (χ1) is 9.00. The van der Waals surface area contributed by atoms with Crippen LogP contribution in [0.5, 0.6) is 0 Å². The first-order valence-corrected chi connectivity index (χ1v) is 6.21. The maximum absolute atomic E-state index is 10.1. The minimum atomic E-state index is -0.839. The number of aliphatic hydroxyl groups is 1. The second-order valence-electron chi connectivity index (χ2n) is 4.96. The van der Waals surface area contributed by atoms with Gasteiger partial charge in [-0.15, -0.1) is 0 Å². The number of ether oxygens (including phenoxy) is 1. The van der Waals surface area contributed by atoms with Gasteiger partial charge in [0.1, 0.15) is 0 Å². The summed E-state index contributed by atoms with van der Waals surface area (Å²) in [6.07, 6.45) is 0.559. The Morgan fingerprint density at radius 3 is 3.05 bits per heavy atom. The normalized spacial score (nSPS) is 14.5. The van der Waals surface area contributed by atoms with E-state index in [1.807, 2.05) is 18.2 Å². The summed E-state index contributed by atoms with van der Waals surface area (Å²) >= 11 is 0. The van der Waals surface area contributed by atoms with Crippen molar-refractivity contribution in [1.82, 2.24) is 9.97 Å². The van der Waals surface area contributed by atoms with Crippen LogP contribution in [0.2, 0.25) is 0 Å². The van der Waals surface area contributed by atoms with Gasteiger partial charge in [-0.3, -0.25) is 0 Å². The molecule has 1 heterocycles. The molecule has 0 saturated heterocycles. The van der Waals surface area contributed by atoms with Crippen LogP contribution < -0.4 is 11.1 Å². The molecule has 5 N–H and O–H groups in total. The molecule has 0 aliphatic carbocycles. The minimum absolute atomic E-state index is 0.395. The molecule has 0 bridgehead atoms. The number of nitrogen functional groups attached to an aromatic ring is 1. The molecule has 0 amide bonds. The van der Waals surface area contributed by atoms with Gasteiger partial charge >= 0.3 is 0 Å². The summed E-state index contributed by atoms with van der Waals surface area (Å²) in [5.74, 6) is 0.623. The van der Waals surface area contributed by atoms with Gasteiger partial charge in [0.05, 0.1) is 16.6 Å². The Morgan fingerprint density at radius 2 is 2.32 bits per heavy atom. The van der Waals surface area contributed by atoms with Gasteiger partial charge in [-0.2, -0.15) is 0 Å². The van der Waals surface area contributed by atoms with E-state index in [1.165, 1.54) is 0 Å². The predicted octanol–water partition coefficient (Wildman–Crippen LogP) is 1.34. The third-order valence-corrected chi connectivity index (χ3v) is 2.99. The zero-order valence-electron chi connectivity index (χ0n) is 11.2. The molecule has 6 heteroatoms. The van der Waals surface area contributed by atoms with E-state index in [9.17, 15) is 5.11 Å². The van der Waals surface area contributed by atoms with Crippen LogP contribution >= 0.6 is 0 Å². The minimum Gasteiger partial charge on any atom is -0.399 e. The number of nitrogens with one attached hydrogen (secondary N) is 2. The molecule has 2 rings (SSSR count). The van der Waals surface area contributed by atoms with Crippen molar-refractivity contribution in [3.63, 3.8) is 0 Å². The lowest BCUT2D eigenvalue weighted by molar-refractivity contribution is 0.0356. The first-order valence-electron chi connectivity index (χ1n) is 6.21. The van der Waals surface area contributed by atoms with Crippen LogP contribution in [-0.4, -0.2) is 40.9 Å². The Morgan fingerprint density at radius 1 is 1.53 bits per heavy atom. The van der Waals surface area contributed by atoms with E-state index in [0.717, 1.165) is 11.0 Å². The molecule has 104 valence electrons.